The molecule has 2 aliphatic rings. The lowest BCUT2D eigenvalue weighted by molar-refractivity contribution is -0.152. The van der Waals surface area contributed by atoms with Crippen molar-refractivity contribution >= 4 is 11.9 Å². The predicted octanol–water partition coefficient (Wildman–Crippen LogP) is 1.55. The summed E-state index contributed by atoms with van der Waals surface area (Å²) in [5.41, 5.74) is -0.775. The van der Waals surface area contributed by atoms with Gasteiger partial charge in [0.1, 0.15) is 0 Å². The van der Waals surface area contributed by atoms with Crippen LogP contribution in [0.1, 0.15) is 45.4 Å². The van der Waals surface area contributed by atoms with Crippen LogP contribution in [0.25, 0.3) is 0 Å². The quantitative estimate of drug-likeness (QED) is 0.765. The summed E-state index contributed by atoms with van der Waals surface area (Å²) in [5.74, 6) is -0.576. The number of aliphatic carboxylic acids is 1. The van der Waals surface area contributed by atoms with Crippen LogP contribution in [0.3, 0.4) is 0 Å². The Kier molecular flexibility index (Phi) is 2.91. The minimum absolute atomic E-state index is 0.0550. The van der Waals surface area contributed by atoms with E-state index in [0.29, 0.717) is 6.42 Å². The number of carbonyl (C=O) groups is 2. The lowest BCUT2D eigenvalue weighted by Crippen LogP contribution is -2.52. The van der Waals surface area contributed by atoms with Gasteiger partial charge in [0, 0.05) is 12.0 Å². The summed E-state index contributed by atoms with van der Waals surface area (Å²) in [4.78, 5) is 23.0. The van der Waals surface area contributed by atoms with Gasteiger partial charge >= 0.3 is 5.97 Å². The molecule has 0 saturated heterocycles. The van der Waals surface area contributed by atoms with Gasteiger partial charge in [0.2, 0.25) is 5.91 Å². The van der Waals surface area contributed by atoms with E-state index >= 15 is 0 Å². The number of carbonyl (C=O) groups excluding carboxylic acids is 1. The molecule has 0 aromatic rings. The van der Waals surface area contributed by atoms with E-state index in [1.807, 2.05) is 0 Å². The minimum Gasteiger partial charge on any atom is -0.481 e. The van der Waals surface area contributed by atoms with Crippen LogP contribution >= 0.6 is 0 Å². The second-order valence-corrected chi connectivity index (χ2v) is 5.30. The van der Waals surface area contributed by atoms with E-state index < -0.39 is 11.4 Å². The molecule has 2 fully saturated rings. The van der Waals surface area contributed by atoms with E-state index in [1.165, 1.54) is 0 Å². The molecule has 0 aliphatic heterocycles. The number of hydrogen-bond acceptors (Lipinski definition) is 2. The van der Waals surface area contributed by atoms with E-state index in [9.17, 15) is 14.7 Å². The maximum atomic E-state index is 11.7. The topological polar surface area (TPSA) is 66.4 Å². The van der Waals surface area contributed by atoms with Crippen LogP contribution in [0.4, 0.5) is 0 Å². The Bertz CT molecular complexity index is 311. The molecule has 0 bridgehead atoms. The molecule has 0 aromatic carbocycles. The van der Waals surface area contributed by atoms with E-state index in [1.54, 1.807) is 6.92 Å². The molecule has 0 spiro atoms. The zero-order valence-electron chi connectivity index (χ0n) is 9.66. The Labute approximate surface area is 95.4 Å². The number of carboxylic acid groups (broad SMARTS) is 1. The maximum Gasteiger partial charge on any atom is 0.311 e. The van der Waals surface area contributed by atoms with Gasteiger partial charge in [-0.3, -0.25) is 9.59 Å². The van der Waals surface area contributed by atoms with Crippen molar-refractivity contribution < 1.29 is 14.7 Å². The number of nitrogens with one attached hydrogen (secondary N) is 1. The average molecular weight is 225 g/mol. The first-order chi connectivity index (χ1) is 7.54. The third kappa shape index (κ3) is 2.06. The normalized spacial score (nSPS) is 34.4. The van der Waals surface area contributed by atoms with Gasteiger partial charge in [-0.25, -0.2) is 0 Å². The average Bonchev–Trinajstić information content (AvgIpc) is 3.04. The molecule has 90 valence electrons. The summed E-state index contributed by atoms with van der Waals surface area (Å²) in [7, 11) is 0. The second kappa shape index (κ2) is 4.07. The Hall–Kier alpha value is -1.06. The zero-order valence-corrected chi connectivity index (χ0v) is 9.66. The van der Waals surface area contributed by atoms with Gasteiger partial charge in [0.05, 0.1) is 5.41 Å². The predicted molar refractivity (Wildman–Crippen MR) is 58.9 cm³/mol. The van der Waals surface area contributed by atoms with Gasteiger partial charge in [-0.05, 0) is 32.6 Å². The highest BCUT2D eigenvalue weighted by Crippen LogP contribution is 2.37. The van der Waals surface area contributed by atoms with Crippen LogP contribution < -0.4 is 5.32 Å². The Balaban J connectivity index is 2.03. The third-order valence-corrected chi connectivity index (χ3v) is 3.96. The molecule has 1 amide bonds. The Morgan fingerprint density at radius 1 is 1.25 bits per heavy atom. The van der Waals surface area contributed by atoms with Gasteiger partial charge in [0.25, 0.3) is 0 Å². The summed E-state index contributed by atoms with van der Waals surface area (Å²) in [6.45, 7) is 1.76. The van der Waals surface area contributed by atoms with Crippen LogP contribution in [-0.2, 0) is 9.59 Å². The Morgan fingerprint density at radius 3 is 2.50 bits per heavy atom. The molecule has 0 radical (unpaired) electrons. The molecular formula is C12H19NO3. The summed E-state index contributed by atoms with van der Waals surface area (Å²) < 4.78 is 0. The van der Waals surface area contributed by atoms with Crippen LogP contribution in [0.5, 0.6) is 0 Å². The van der Waals surface area contributed by atoms with Crippen molar-refractivity contribution in [2.75, 3.05) is 0 Å². The monoisotopic (exact) mass is 225 g/mol. The smallest absolute Gasteiger partial charge is 0.311 e. The molecule has 2 saturated carbocycles. The van der Waals surface area contributed by atoms with Crippen LogP contribution in [0.2, 0.25) is 0 Å². The molecule has 16 heavy (non-hydrogen) atoms. The van der Waals surface area contributed by atoms with Crippen molar-refractivity contribution in [3.8, 4) is 0 Å². The molecule has 2 unspecified atom stereocenters. The van der Waals surface area contributed by atoms with Crippen molar-refractivity contribution in [2.45, 2.75) is 51.5 Å². The number of carboxylic acids is 1. The van der Waals surface area contributed by atoms with E-state index in [4.69, 9.17) is 0 Å². The summed E-state index contributed by atoms with van der Waals surface area (Å²) >= 11 is 0. The van der Waals surface area contributed by atoms with Crippen molar-refractivity contribution in [3.63, 3.8) is 0 Å². The number of amides is 1. The van der Waals surface area contributed by atoms with E-state index in [0.717, 1.165) is 32.1 Å². The molecule has 2 N–H and O–H groups in total. The number of rotatable bonds is 3. The van der Waals surface area contributed by atoms with Crippen LogP contribution in [0.15, 0.2) is 0 Å². The van der Waals surface area contributed by atoms with Crippen molar-refractivity contribution in [1.82, 2.24) is 5.32 Å². The Morgan fingerprint density at radius 2 is 1.94 bits per heavy atom. The molecule has 0 aromatic heterocycles. The third-order valence-electron chi connectivity index (χ3n) is 3.96. The van der Waals surface area contributed by atoms with Crippen molar-refractivity contribution in [2.24, 2.45) is 11.3 Å². The van der Waals surface area contributed by atoms with Crippen LogP contribution in [-0.4, -0.2) is 23.0 Å². The summed E-state index contributed by atoms with van der Waals surface area (Å²) in [5, 5.41) is 12.2. The molecule has 0 heterocycles. The SMILES string of the molecule is CC1(C(=O)O)CCCCC1NC(=O)C1CC1. The fourth-order valence-electron chi connectivity index (χ4n) is 2.46. The first kappa shape index (κ1) is 11.4. The van der Waals surface area contributed by atoms with Gasteiger partial charge in [-0.15, -0.1) is 0 Å². The second-order valence-electron chi connectivity index (χ2n) is 5.30. The highest BCUT2D eigenvalue weighted by atomic mass is 16.4. The first-order valence-electron chi connectivity index (χ1n) is 6.08. The first-order valence-corrected chi connectivity index (χ1v) is 6.08. The fraction of sp³-hybridized carbons (Fsp3) is 0.833. The van der Waals surface area contributed by atoms with Gasteiger partial charge in [-0.2, -0.15) is 0 Å². The van der Waals surface area contributed by atoms with E-state index in [-0.39, 0.29) is 17.9 Å². The van der Waals surface area contributed by atoms with Gasteiger partial charge in [-0.1, -0.05) is 12.8 Å². The fourth-order valence-corrected chi connectivity index (χ4v) is 2.46. The zero-order chi connectivity index (χ0) is 11.8. The van der Waals surface area contributed by atoms with E-state index in [2.05, 4.69) is 5.32 Å². The van der Waals surface area contributed by atoms with Gasteiger partial charge in [0.15, 0.2) is 0 Å². The molecule has 2 aliphatic carbocycles. The standard InChI is InChI=1S/C12H19NO3/c1-12(11(15)16)7-3-2-4-9(12)13-10(14)8-5-6-8/h8-9H,2-7H2,1H3,(H,13,14)(H,15,16). The number of hydrogen-bond donors (Lipinski definition) is 2. The summed E-state index contributed by atoms with van der Waals surface area (Å²) in [6.07, 6.45) is 5.33. The molecule has 4 heteroatoms. The van der Waals surface area contributed by atoms with Crippen molar-refractivity contribution in [3.05, 3.63) is 0 Å². The highest BCUT2D eigenvalue weighted by Gasteiger charge is 2.45. The van der Waals surface area contributed by atoms with Crippen molar-refractivity contribution in [1.29, 1.82) is 0 Å². The molecule has 2 rings (SSSR count). The maximum absolute atomic E-state index is 11.7. The molecular weight excluding hydrogens is 206 g/mol. The summed E-state index contributed by atoms with van der Waals surface area (Å²) in [6, 6.07) is -0.188. The molecule has 4 nitrogen and oxygen atoms in total. The largest absolute Gasteiger partial charge is 0.481 e. The van der Waals surface area contributed by atoms with Crippen LogP contribution in [0, 0.1) is 11.3 Å². The lowest BCUT2D eigenvalue weighted by Gasteiger charge is -2.38. The lowest BCUT2D eigenvalue weighted by atomic mass is 9.71. The highest BCUT2D eigenvalue weighted by molar-refractivity contribution is 5.83. The van der Waals surface area contributed by atoms with Gasteiger partial charge < -0.3 is 10.4 Å². The molecule has 2 atom stereocenters. The minimum atomic E-state index is -0.784.